The standard InChI is InChI=1S/C21H26O2/c1-3-10-21-11-5-4-6-14(21)7-8-15-16(21)9-12-20(2)17(15)13-18(22)19(20)23/h10,13-16H,1,4-9,11-12H2,2H3/t14?,15-,16+,20+,21+/m1/s1. The SMILES string of the molecule is C=C=C[C@]12CCCCC1CC[C@H]1C3=CC(=O)C(=O)[C@@]3(C)CC[C@@H]12. The van der Waals surface area contributed by atoms with Crippen molar-refractivity contribution in [2.24, 2.45) is 28.6 Å². The molecule has 0 amide bonds. The Bertz CT molecular complexity index is 651. The minimum absolute atomic E-state index is 0.162. The van der Waals surface area contributed by atoms with Crippen molar-refractivity contribution in [1.29, 1.82) is 0 Å². The molecule has 0 heterocycles. The Morgan fingerprint density at radius 1 is 1.17 bits per heavy atom. The molecular weight excluding hydrogens is 284 g/mol. The van der Waals surface area contributed by atoms with E-state index in [-0.39, 0.29) is 17.0 Å². The van der Waals surface area contributed by atoms with Gasteiger partial charge in [0.15, 0.2) is 0 Å². The lowest BCUT2D eigenvalue weighted by atomic mass is 9.46. The van der Waals surface area contributed by atoms with Gasteiger partial charge in [-0.05, 0) is 80.9 Å². The molecule has 4 rings (SSSR count). The second-order valence-corrected chi connectivity index (χ2v) is 8.36. The average molecular weight is 310 g/mol. The maximum atomic E-state index is 12.4. The summed E-state index contributed by atoms with van der Waals surface area (Å²) in [6.07, 6.45) is 13.4. The summed E-state index contributed by atoms with van der Waals surface area (Å²) in [5.41, 5.74) is 3.98. The van der Waals surface area contributed by atoms with E-state index in [2.05, 4.69) is 18.4 Å². The quantitative estimate of drug-likeness (QED) is 0.531. The van der Waals surface area contributed by atoms with Crippen LogP contribution in [0.25, 0.3) is 0 Å². The summed E-state index contributed by atoms with van der Waals surface area (Å²) in [6.45, 7) is 5.88. The number of ketones is 2. The lowest BCUT2D eigenvalue weighted by molar-refractivity contribution is -0.138. The van der Waals surface area contributed by atoms with Crippen LogP contribution >= 0.6 is 0 Å². The first-order chi connectivity index (χ1) is 11.0. The van der Waals surface area contributed by atoms with Gasteiger partial charge in [-0.1, -0.05) is 19.4 Å². The number of carbonyl (C=O) groups excluding carboxylic acids is 2. The Labute approximate surface area is 138 Å². The van der Waals surface area contributed by atoms with E-state index in [1.807, 2.05) is 6.92 Å². The van der Waals surface area contributed by atoms with Crippen LogP contribution in [0.3, 0.4) is 0 Å². The van der Waals surface area contributed by atoms with E-state index in [1.54, 1.807) is 6.08 Å². The maximum Gasteiger partial charge on any atom is 0.222 e. The van der Waals surface area contributed by atoms with Crippen molar-refractivity contribution in [1.82, 2.24) is 0 Å². The second-order valence-electron chi connectivity index (χ2n) is 8.36. The highest BCUT2D eigenvalue weighted by Crippen LogP contribution is 2.64. The molecule has 0 aromatic heterocycles. The highest BCUT2D eigenvalue weighted by atomic mass is 16.2. The monoisotopic (exact) mass is 310 g/mol. The molecule has 3 saturated carbocycles. The molecule has 1 unspecified atom stereocenters. The third-order valence-corrected chi connectivity index (χ3v) is 7.55. The van der Waals surface area contributed by atoms with Crippen LogP contribution in [0.5, 0.6) is 0 Å². The van der Waals surface area contributed by atoms with E-state index in [4.69, 9.17) is 0 Å². The van der Waals surface area contributed by atoms with E-state index < -0.39 is 5.41 Å². The Balaban J connectivity index is 1.78. The lowest BCUT2D eigenvalue weighted by Gasteiger charge is -2.58. The van der Waals surface area contributed by atoms with Crippen LogP contribution in [0.1, 0.15) is 58.3 Å². The third-order valence-electron chi connectivity index (χ3n) is 7.55. The molecule has 0 radical (unpaired) electrons. The van der Waals surface area contributed by atoms with Crippen LogP contribution in [-0.4, -0.2) is 11.6 Å². The molecule has 0 saturated heterocycles. The molecule has 0 bridgehead atoms. The maximum absolute atomic E-state index is 12.4. The smallest absolute Gasteiger partial charge is 0.222 e. The summed E-state index contributed by atoms with van der Waals surface area (Å²) in [6, 6.07) is 0. The highest BCUT2D eigenvalue weighted by molar-refractivity contribution is 6.46. The van der Waals surface area contributed by atoms with Crippen molar-refractivity contribution in [3.63, 3.8) is 0 Å². The lowest BCUT2D eigenvalue weighted by Crippen LogP contribution is -2.51. The van der Waals surface area contributed by atoms with E-state index in [0.29, 0.717) is 11.8 Å². The highest BCUT2D eigenvalue weighted by Gasteiger charge is 2.59. The third kappa shape index (κ3) is 1.88. The fourth-order valence-corrected chi connectivity index (χ4v) is 6.47. The topological polar surface area (TPSA) is 34.1 Å². The molecule has 4 aliphatic rings. The Morgan fingerprint density at radius 3 is 2.78 bits per heavy atom. The van der Waals surface area contributed by atoms with Crippen molar-refractivity contribution in [3.8, 4) is 0 Å². The first-order valence-electron chi connectivity index (χ1n) is 9.21. The van der Waals surface area contributed by atoms with Gasteiger partial charge in [0.1, 0.15) is 0 Å². The summed E-state index contributed by atoms with van der Waals surface area (Å²) < 4.78 is 0. The predicted molar refractivity (Wildman–Crippen MR) is 89.8 cm³/mol. The zero-order valence-corrected chi connectivity index (χ0v) is 14.1. The van der Waals surface area contributed by atoms with Crippen LogP contribution in [0.2, 0.25) is 0 Å². The van der Waals surface area contributed by atoms with Gasteiger partial charge in [-0.15, -0.1) is 5.73 Å². The normalized spacial score (nSPS) is 45.4. The van der Waals surface area contributed by atoms with Gasteiger partial charge in [0.2, 0.25) is 11.6 Å². The van der Waals surface area contributed by atoms with Crippen molar-refractivity contribution in [2.45, 2.75) is 58.3 Å². The number of hydrogen-bond acceptors (Lipinski definition) is 2. The van der Waals surface area contributed by atoms with Gasteiger partial charge in [-0.3, -0.25) is 9.59 Å². The molecular formula is C21H26O2. The van der Waals surface area contributed by atoms with Gasteiger partial charge in [-0.2, -0.15) is 0 Å². The molecule has 5 atom stereocenters. The van der Waals surface area contributed by atoms with E-state index in [9.17, 15) is 9.59 Å². The molecule has 0 N–H and O–H groups in total. The number of Topliss-reactive ketones (excluding diaryl/α,β-unsaturated/α-hetero) is 1. The zero-order valence-electron chi connectivity index (χ0n) is 14.1. The average Bonchev–Trinajstić information content (AvgIpc) is 2.78. The summed E-state index contributed by atoms with van der Waals surface area (Å²) in [5.74, 6) is 1.29. The molecule has 23 heavy (non-hydrogen) atoms. The fraction of sp³-hybridized carbons (Fsp3) is 0.667. The minimum atomic E-state index is -0.501. The first kappa shape index (κ1) is 15.1. The number of rotatable bonds is 1. The Morgan fingerprint density at radius 2 is 2.00 bits per heavy atom. The van der Waals surface area contributed by atoms with Gasteiger partial charge in [-0.25, -0.2) is 0 Å². The van der Waals surface area contributed by atoms with Crippen LogP contribution in [0.15, 0.2) is 30.0 Å². The van der Waals surface area contributed by atoms with Crippen LogP contribution < -0.4 is 0 Å². The second kappa shape index (κ2) is 5.05. The molecule has 0 aromatic carbocycles. The minimum Gasteiger partial charge on any atom is -0.290 e. The zero-order chi connectivity index (χ0) is 16.2. The van der Waals surface area contributed by atoms with E-state index in [1.165, 1.54) is 32.1 Å². The molecule has 2 nitrogen and oxygen atoms in total. The van der Waals surface area contributed by atoms with Gasteiger partial charge < -0.3 is 0 Å². The molecule has 3 fully saturated rings. The molecule has 122 valence electrons. The summed E-state index contributed by atoms with van der Waals surface area (Å²) in [7, 11) is 0. The van der Waals surface area contributed by atoms with E-state index in [0.717, 1.165) is 30.8 Å². The van der Waals surface area contributed by atoms with Crippen molar-refractivity contribution in [3.05, 3.63) is 30.0 Å². The molecule has 4 aliphatic carbocycles. The van der Waals surface area contributed by atoms with Crippen LogP contribution in [0.4, 0.5) is 0 Å². The number of carbonyl (C=O) groups is 2. The predicted octanol–water partition coefficient (Wildman–Crippen LogP) is 4.41. The van der Waals surface area contributed by atoms with E-state index >= 15 is 0 Å². The van der Waals surface area contributed by atoms with Gasteiger partial charge in [0, 0.05) is 5.41 Å². The van der Waals surface area contributed by atoms with Crippen molar-refractivity contribution < 1.29 is 9.59 Å². The molecule has 2 heteroatoms. The Hall–Kier alpha value is -1.40. The van der Waals surface area contributed by atoms with Crippen LogP contribution in [0, 0.1) is 28.6 Å². The van der Waals surface area contributed by atoms with Crippen LogP contribution in [-0.2, 0) is 9.59 Å². The summed E-state index contributed by atoms with van der Waals surface area (Å²) >= 11 is 0. The summed E-state index contributed by atoms with van der Waals surface area (Å²) in [5, 5.41) is 0. The van der Waals surface area contributed by atoms with Crippen molar-refractivity contribution in [2.75, 3.05) is 0 Å². The number of fused-ring (bicyclic) bond motifs is 5. The summed E-state index contributed by atoms with van der Waals surface area (Å²) in [4.78, 5) is 24.4. The molecule has 0 aromatic rings. The van der Waals surface area contributed by atoms with Crippen molar-refractivity contribution >= 4 is 11.6 Å². The molecule has 0 spiro atoms. The van der Waals surface area contributed by atoms with Gasteiger partial charge >= 0.3 is 0 Å². The fourth-order valence-electron chi connectivity index (χ4n) is 6.47. The van der Waals surface area contributed by atoms with Gasteiger partial charge in [0.25, 0.3) is 0 Å². The Kier molecular flexibility index (Phi) is 3.32. The van der Waals surface area contributed by atoms with Gasteiger partial charge in [0.05, 0.1) is 5.41 Å². The number of hydrogen-bond donors (Lipinski definition) is 0. The first-order valence-corrected chi connectivity index (χ1v) is 9.21. The largest absolute Gasteiger partial charge is 0.290 e. The number of allylic oxidation sites excluding steroid dienone is 3. The molecule has 0 aliphatic heterocycles.